The molecule has 26 heavy (non-hydrogen) atoms. The third-order valence-corrected chi connectivity index (χ3v) is 7.37. The lowest BCUT2D eigenvalue weighted by molar-refractivity contribution is -0.145. The molecule has 4 fully saturated rings. The van der Waals surface area contributed by atoms with E-state index in [0.717, 1.165) is 58.2 Å². The Morgan fingerprint density at radius 3 is 2.46 bits per heavy atom. The molecule has 0 aromatic heterocycles. The summed E-state index contributed by atoms with van der Waals surface area (Å²) in [4.78, 5) is 28.7. The third kappa shape index (κ3) is 3.04. The van der Waals surface area contributed by atoms with E-state index in [0.29, 0.717) is 13.0 Å². The lowest BCUT2D eigenvalue weighted by Crippen LogP contribution is -2.46. The van der Waals surface area contributed by atoms with E-state index < -0.39 is 11.7 Å². The zero-order chi connectivity index (χ0) is 18.5. The van der Waals surface area contributed by atoms with Crippen molar-refractivity contribution in [1.82, 2.24) is 15.1 Å². The van der Waals surface area contributed by atoms with E-state index in [1.165, 1.54) is 0 Å². The van der Waals surface area contributed by atoms with Crippen molar-refractivity contribution >= 4 is 11.9 Å². The number of aliphatic carboxylic acids is 1. The molecule has 4 aliphatic rings. The van der Waals surface area contributed by atoms with Crippen LogP contribution in [-0.2, 0) is 9.59 Å². The van der Waals surface area contributed by atoms with Gasteiger partial charge in [-0.05, 0) is 45.2 Å². The summed E-state index contributed by atoms with van der Waals surface area (Å²) in [5.74, 6) is -0.691. The van der Waals surface area contributed by atoms with Crippen LogP contribution in [0.5, 0.6) is 0 Å². The lowest BCUT2D eigenvalue weighted by atomic mass is 9.86. The van der Waals surface area contributed by atoms with E-state index in [4.69, 9.17) is 0 Å². The molecule has 4 atom stereocenters. The van der Waals surface area contributed by atoms with Crippen molar-refractivity contribution in [1.29, 1.82) is 0 Å². The van der Waals surface area contributed by atoms with Gasteiger partial charge in [0, 0.05) is 31.5 Å². The molecule has 2 aliphatic carbocycles. The maximum atomic E-state index is 12.7. The highest BCUT2D eigenvalue weighted by Crippen LogP contribution is 2.46. The van der Waals surface area contributed by atoms with Crippen LogP contribution < -0.4 is 5.32 Å². The first kappa shape index (κ1) is 18.2. The summed E-state index contributed by atoms with van der Waals surface area (Å²) >= 11 is 0. The Morgan fingerprint density at radius 1 is 1.15 bits per heavy atom. The summed E-state index contributed by atoms with van der Waals surface area (Å²) < 4.78 is 0. The first-order chi connectivity index (χ1) is 12.4. The Balaban J connectivity index is 1.39. The molecule has 0 aromatic rings. The van der Waals surface area contributed by atoms with Crippen molar-refractivity contribution in [3.63, 3.8) is 0 Å². The van der Waals surface area contributed by atoms with Crippen LogP contribution in [0.1, 0.15) is 44.9 Å². The van der Waals surface area contributed by atoms with Gasteiger partial charge in [0.2, 0.25) is 5.91 Å². The second-order valence-electron chi connectivity index (χ2n) is 8.99. The minimum atomic E-state index is -1.02. The monoisotopic (exact) mass is 365 g/mol. The number of aliphatic hydroxyl groups is 1. The fraction of sp³-hybridized carbons (Fsp3) is 0.895. The number of hydrogen-bond donors (Lipinski definition) is 3. The summed E-state index contributed by atoms with van der Waals surface area (Å²) in [6, 6.07) is -0.362. The smallest absolute Gasteiger partial charge is 0.321 e. The molecule has 2 aliphatic heterocycles. The van der Waals surface area contributed by atoms with Crippen LogP contribution in [0.2, 0.25) is 0 Å². The molecule has 0 aromatic carbocycles. The Kier molecular flexibility index (Phi) is 4.52. The highest BCUT2D eigenvalue weighted by molar-refractivity contribution is 5.83. The fourth-order valence-electron chi connectivity index (χ4n) is 5.63. The number of amides is 1. The van der Waals surface area contributed by atoms with Gasteiger partial charge < -0.3 is 15.1 Å². The highest BCUT2D eigenvalue weighted by atomic mass is 16.4. The summed E-state index contributed by atoms with van der Waals surface area (Å²) in [6.07, 6.45) is 6.73. The molecule has 1 spiro atoms. The number of nitrogens with zero attached hydrogens (tertiary/aromatic N) is 2. The van der Waals surface area contributed by atoms with Gasteiger partial charge in [-0.2, -0.15) is 0 Å². The Morgan fingerprint density at radius 2 is 1.85 bits per heavy atom. The average molecular weight is 365 g/mol. The number of hydrogen-bond acceptors (Lipinski definition) is 5. The Hall–Kier alpha value is -1.18. The SMILES string of the molecule is CN[C@]1(O)C[C@H]1C(=O)N1CC[C@]2(CCN([C@H](C(=O)O)C3CCCC3)C2)C1. The van der Waals surface area contributed by atoms with Crippen LogP contribution in [0.3, 0.4) is 0 Å². The van der Waals surface area contributed by atoms with Gasteiger partial charge in [0.15, 0.2) is 0 Å². The van der Waals surface area contributed by atoms with Gasteiger partial charge in [0.05, 0.1) is 5.92 Å². The van der Waals surface area contributed by atoms with E-state index in [-0.39, 0.29) is 29.2 Å². The van der Waals surface area contributed by atoms with Crippen LogP contribution in [-0.4, -0.2) is 76.9 Å². The number of carbonyl (C=O) groups is 2. The molecule has 0 radical (unpaired) electrons. The molecule has 7 heteroatoms. The van der Waals surface area contributed by atoms with Crippen molar-refractivity contribution in [2.24, 2.45) is 17.3 Å². The number of rotatable bonds is 5. The van der Waals surface area contributed by atoms with Gasteiger partial charge in [0.1, 0.15) is 11.8 Å². The van der Waals surface area contributed by atoms with Crippen LogP contribution in [0.4, 0.5) is 0 Å². The van der Waals surface area contributed by atoms with Crippen molar-refractivity contribution in [2.45, 2.75) is 56.7 Å². The number of nitrogens with one attached hydrogen (secondary N) is 1. The maximum Gasteiger partial charge on any atom is 0.321 e. The molecule has 0 bridgehead atoms. The molecule has 1 amide bonds. The topological polar surface area (TPSA) is 93.1 Å². The van der Waals surface area contributed by atoms with E-state index in [1.807, 2.05) is 4.90 Å². The predicted octanol–water partition coefficient (Wildman–Crippen LogP) is 0.482. The summed E-state index contributed by atoms with van der Waals surface area (Å²) in [5.41, 5.74) is -0.986. The zero-order valence-corrected chi connectivity index (χ0v) is 15.6. The molecule has 146 valence electrons. The van der Waals surface area contributed by atoms with Crippen LogP contribution in [0, 0.1) is 17.3 Å². The molecule has 4 rings (SSSR count). The van der Waals surface area contributed by atoms with Gasteiger partial charge in [-0.1, -0.05) is 12.8 Å². The molecule has 0 unspecified atom stereocenters. The van der Waals surface area contributed by atoms with Crippen LogP contribution in [0.15, 0.2) is 0 Å². The van der Waals surface area contributed by atoms with Gasteiger partial charge in [-0.25, -0.2) is 0 Å². The van der Waals surface area contributed by atoms with E-state index in [9.17, 15) is 19.8 Å². The van der Waals surface area contributed by atoms with Gasteiger partial charge in [-0.3, -0.25) is 19.8 Å². The van der Waals surface area contributed by atoms with E-state index >= 15 is 0 Å². The van der Waals surface area contributed by atoms with Crippen molar-refractivity contribution in [3.05, 3.63) is 0 Å². The zero-order valence-electron chi connectivity index (χ0n) is 15.6. The lowest BCUT2D eigenvalue weighted by Gasteiger charge is -2.31. The van der Waals surface area contributed by atoms with Crippen molar-refractivity contribution in [2.75, 3.05) is 33.2 Å². The molecule has 3 N–H and O–H groups in total. The second kappa shape index (κ2) is 6.46. The first-order valence-electron chi connectivity index (χ1n) is 10.0. The second-order valence-corrected chi connectivity index (χ2v) is 8.99. The largest absolute Gasteiger partial charge is 0.480 e. The van der Waals surface area contributed by atoms with Crippen LogP contribution >= 0.6 is 0 Å². The standard InChI is InChI=1S/C19H31N3O4/c1-20-19(26)10-14(19)16(23)22-9-7-18(12-22)6-8-21(11-18)15(17(24)25)13-4-2-3-5-13/h13-15,20,26H,2-12H2,1H3,(H,24,25)/t14-,15-,18-,19-/m0/s1. The molecular weight excluding hydrogens is 334 g/mol. The highest BCUT2D eigenvalue weighted by Gasteiger charge is 2.59. The van der Waals surface area contributed by atoms with Crippen LogP contribution in [0.25, 0.3) is 0 Å². The number of likely N-dealkylation sites (tertiary alicyclic amines) is 2. The molecule has 2 saturated carbocycles. The minimum Gasteiger partial charge on any atom is -0.480 e. The third-order valence-electron chi connectivity index (χ3n) is 7.37. The summed E-state index contributed by atoms with van der Waals surface area (Å²) in [7, 11) is 1.68. The number of carboxylic acids is 1. The quantitative estimate of drug-likeness (QED) is 0.614. The summed E-state index contributed by atoms with van der Waals surface area (Å²) in [5, 5.41) is 22.8. The first-order valence-corrected chi connectivity index (χ1v) is 10.0. The number of carboxylic acid groups (broad SMARTS) is 1. The average Bonchev–Trinajstić information content (AvgIpc) is 3.08. The van der Waals surface area contributed by atoms with Gasteiger partial charge in [-0.15, -0.1) is 0 Å². The van der Waals surface area contributed by atoms with Crippen molar-refractivity contribution in [3.8, 4) is 0 Å². The van der Waals surface area contributed by atoms with Crippen molar-refractivity contribution < 1.29 is 19.8 Å². The number of carbonyl (C=O) groups excluding carboxylic acids is 1. The van der Waals surface area contributed by atoms with Gasteiger partial charge in [0.25, 0.3) is 0 Å². The molecule has 2 saturated heterocycles. The molecular formula is C19H31N3O4. The molecule has 2 heterocycles. The van der Waals surface area contributed by atoms with E-state index in [1.54, 1.807) is 7.05 Å². The fourth-order valence-corrected chi connectivity index (χ4v) is 5.63. The Bertz CT molecular complexity index is 593. The van der Waals surface area contributed by atoms with E-state index in [2.05, 4.69) is 10.2 Å². The summed E-state index contributed by atoms with van der Waals surface area (Å²) in [6.45, 7) is 3.03. The molecule has 7 nitrogen and oxygen atoms in total. The minimum absolute atomic E-state index is 0.0363. The maximum absolute atomic E-state index is 12.7. The van der Waals surface area contributed by atoms with Gasteiger partial charge >= 0.3 is 5.97 Å². The Labute approximate surface area is 154 Å². The normalized spacial score (nSPS) is 39.0. The predicted molar refractivity (Wildman–Crippen MR) is 95.3 cm³/mol.